The predicted octanol–water partition coefficient (Wildman–Crippen LogP) is 5.26. The average Bonchev–Trinajstić information content (AvgIpc) is 2.65. The Balaban J connectivity index is 0. The van der Waals surface area contributed by atoms with Crippen LogP contribution in [-0.2, 0) is 12.8 Å². The first-order chi connectivity index (χ1) is 11.3. The van der Waals surface area contributed by atoms with Crippen LogP contribution in [-0.4, -0.2) is 22.8 Å². The monoisotopic (exact) mass is 303 g/mol. The molecular formula is C20H30B3. The van der Waals surface area contributed by atoms with Crippen molar-refractivity contribution in [1.29, 1.82) is 0 Å². The van der Waals surface area contributed by atoms with E-state index < -0.39 is 0 Å². The number of hydrogen-bond acceptors (Lipinski definition) is 0. The molecule has 0 bridgehead atoms. The summed E-state index contributed by atoms with van der Waals surface area (Å²) < 4.78 is 0. The molecular weight excluding hydrogens is 273 g/mol. The van der Waals surface area contributed by atoms with Gasteiger partial charge < -0.3 is 0 Å². The van der Waals surface area contributed by atoms with Crippen LogP contribution in [0, 0.1) is 0 Å². The molecule has 1 aliphatic carbocycles. The van der Waals surface area contributed by atoms with Crippen LogP contribution in [0.5, 0.6) is 0 Å². The molecule has 3 rings (SSSR count). The Morgan fingerprint density at radius 2 is 0.826 bits per heavy atom. The van der Waals surface area contributed by atoms with Gasteiger partial charge >= 0.3 is 0 Å². The van der Waals surface area contributed by atoms with Gasteiger partial charge in [0.15, 0.2) is 0 Å². The van der Waals surface area contributed by atoms with E-state index in [9.17, 15) is 0 Å². The lowest BCUT2D eigenvalue weighted by Crippen LogP contribution is -2.06. The number of hydrogen-bond donors (Lipinski definition) is 0. The summed E-state index contributed by atoms with van der Waals surface area (Å²) in [5.74, 6) is 0. The Hall–Kier alpha value is -1.37. The zero-order chi connectivity index (χ0) is 18.1. The van der Waals surface area contributed by atoms with E-state index in [4.69, 9.17) is 7.74 Å². The van der Waals surface area contributed by atoms with Crippen molar-refractivity contribution in [2.24, 2.45) is 0 Å². The highest BCUT2D eigenvalue weighted by Gasteiger charge is 2.12. The topological polar surface area (TPSA) is 0 Å². The fourth-order valence-electron chi connectivity index (χ4n) is 2.22. The average molecular weight is 303 g/mol. The molecule has 0 amide bonds. The first-order valence-electron chi connectivity index (χ1n) is 8.56. The van der Waals surface area contributed by atoms with Crippen LogP contribution < -0.4 is 0 Å². The van der Waals surface area contributed by atoms with Crippen LogP contribution in [0.4, 0.5) is 0 Å². The lowest BCUT2D eigenvalue weighted by atomic mass is 9.59. The summed E-state index contributed by atoms with van der Waals surface area (Å²) in [6, 6.07) is 17.5. The van der Waals surface area contributed by atoms with Crippen LogP contribution >= 0.6 is 0 Å². The summed E-state index contributed by atoms with van der Waals surface area (Å²) in [4.78, 5) is 0. The first kappa shape index (κ1) is 23.9. The van der Waals surface area contributed by atoms with Crippen molar-refractivity contribution in [3.63, 3.8) is 0 Å². The summed E-state index contributed by atoms with van der Waals surface area (Å²) in [7, 11) is 10.7. The maximum absolute atomic E-state index is 4.72. The highest BCUT2D eigenvalue weighted by Crippen LogP contribution is 2.26. The van der Waals surface area contributed by atoms with Gasteiger partial charge in [0.2, 0.25) is 0 Å². The maximum Gasteiger partial charge on any atom is 0.0606 e. The minimum Gasteiger partial charge on any atom is -0.101 e. The Morgan fingerprint density at radius 3 is 1.00 bits per heavy atom. The summed E-state index contributed by atoms with van der Waals surface area (Å²) >= 11 is 0. The molecule has 3 heteroatoms. The van der Waals surface area contributed by atoms with Crippen LogP contribution in [0.25, 0.3) is 0 Å². The number of fused-ring (bicyclic) bond motifs is 2. The highest BCUT2D eigenvalue weighted by atomic mass is 14.2. The minimum absolute atomic E-state index is 1.10. The maximum atomic E-state index is 4.72. The Bertz CT molecular complexity index is 408. The predicted molar refractivity (Wildman–Crippen MR) is 110 cm³/mol. The van der Waals surface area contributed by atoms with E-state index in [0.29, 0.717) is 0 Å². The van der Waals surface area contributed by atoms with Crippen LogP contribution in [0.3, 0.4) is 0 Å². The molecule has 2 aromatic carbocycles. The summed E-state index contributed by atoms with van der Waals surface area (Å²) in [6.45, 7) is 11.3. The molecule has 0 aromatic heterocycles. The molecule has 0 N–H and O–H groups in total. The Kier molecular flexibility index (Phi) is 17.7. The van der Waals surface area contributed by atoms with Gasteiger partial charge in [0.05, 0.1) is 15.0 Å². The molecule has 0 heterocycles. The lowest BCUT2D eigenvalue weighted by Gasteiger charge is -2.18. The van der Waals surface area contributed by atoms with Gasteiger partial charge in [-0.05, 0) is 35.1 Å². The minimum atomic E-state index is 1.10. The Labute approximate surface area is 148 Å². The molecule has 23 heavy (non-hydrogen) atoms. The second kappa shape index (κ2) is 17.0. The Morgan fingerprint density at radius 1 is 0.652 bits per heavy atom. The van der Waals surface area contributed by atoms with Gasteiger partial charge in [-0.2, -0.15) is 0 Å². The van der Waals surface area contributed by atoms with E-state index >= 15 is 0 Å². The van der Waals surface area contributed by atoms with Crippen molar-refractivity contribution in [3.05, 3.63) is 70.8 Å². The molecule has 0 saturated heterocycles. The van der Waals surface area contributed by atoms with Crippen LogP contribution in [0.15, 0.2) is 48.5 Å². The third-order valence-corrected chi connectivity index (χ3v) is 3.00. The van der Waals surface area contributed by atoms with Crippen molar-refractivity contribution >= 4 is 22.8 Å². The standard InChI is InChI=1S/C14H12.2C2H6.CH3B2.CH3B/c1-2-6-12-10-14-8-4-3-7-13(14)9-11(12)5-1;2*1-2;1-3-2;1-2/h1-8H,9-10H2;2*1-2H3;1H3;1H3. The van der Waals surface area contributed by atoms with Crippen molar-refractivity contribution in [3.8, 4) is 0 Å². The van der Waals surface area contributed by atoms with Gasteiger partial charge in [-0.3, -0.25) is 0 Å². The zero-order valence-electron chi connectivity index (χ0n) is 15.8. The van der Waals surface area contributed by atoms with Crippen molar-refractivity contribution in [2.45, 2.75) is 54.2 Å². The molecule has 0 spiro atoms. The molecule has 0 nitrogen and oxygen atoms in total. The second-order valence-electron chi connectivity index (χ2n) is 4.22. The smallest absolute Gasteiger partial charge is 0.0606 e. The first-order valence-corrected chi connectivity index (χ1v) is 8.56. The van der Waals surface area contributed by atoms with Crippen LogP contribution in [0.2, 0.25) is 13.6 Å². The molecule has 0 unspecified atom stereocenters. The zero-order valence-corrected chi connectivity index (χ0v) is 15.8. The molecule has 0 aliphatic heterocycles. The van der Waals surface area contributed by atoms with Gasteiger partial charge in [0, 0.05) is 7.74 Å². The SMILES string of the molecule is CC.CC.[B]C.[B][B]C.c1ccc2c(c1)Cc1ccccc1C2. The fourth-order valence-corrected chi connectivity index (χ4v) is 2.22. The molecule has 2 aromatic rings. The van der Waals surface area contributed by atoms with Crippen molar-refractivity contribution < 1.29 is 0 Å². The van der Waals surface area contributed by atoms with E-state index in [-0.39, 0.29) is 0 Å². The van der Waals surface area contributed by atoms with Gasteiger partial charge in [-0.1, -0.05) is 83.0 Å². The molecule has 119 valence electrons. The third kappa shape index (κ3) is 8.74. The van der Waals surface area contributed by atoms with Crippen molar-refractivity contribution in [1.82, 2.24) is 0 Å². The van der Waals surface area contributed by atoms with E-state index in [1.54, 1.807) is 6.82 Å². The van der Waals surface area contributed by atoms with E-state index in [1.807, 2.05) is 27.7 Å². The number of benzene rings is 2. The fraction of sp³-hybridized carbons (Fsp3) is 0.400. The summed E-state index contributed by atoms with van der Waals surface area (Å²) in [5, 5.41) is 0. The normalized spacial score (nSPS) is 9.30. The van der Waals surface area contributed by atoms with Crippen LogP contribution in [0.1, 0.15) is 49.9 Å². The summed E-state index contributed by atoms with van der Waals surface area (Å²) in [5.41, 5.74) is 5.97. The van der Waals surface area contributed by atoms with E-state index in [1.165, 1.54) is 36.2 Å². The van der Waals surface area contributed by atoms with E-state index in [2.05, 4.69) is 56.4 Å². The largest absolute Gasteiger partial charge is 0.101 e. The summed E-state index contributed by atoms with van der Waals surface area (Å²) in [6.07, 6.45) is 2.21. The molecule has 5 radical (unpaired) electrons. The third-order valence-electron chi connectivity index (χ3n) is 3.00. The van der Waals surface area contributed by atoms with Gasteiger partial charge in [0.25, 0.3) is 0 Å². The number of rotatable bonds is 0. The van der Waals surface area contributed by atoms with Crippen molar-refractivity contribution in [2.75, 3.05) is 0 Å². The second-order valence-corrected chi connectivity index (χ2v) is 4.22. The molecule has 0 fully saturated rings. The van der Waals surface area contributed by atoms with Gasteiger partial charge in [-0.15, -0.1) is 6.82 Å². The quantitative estimate of drug-likeness (QED) is 0.497. The molecule has 1 aliphatic rings. The molecule has 0 saturated carbocycles. The van der Waals surface area contributed by atoms with Gasteiger partial charge in [0.1, 0.15) is 0 Å². The highest BCUT2D eigenvalue weighted by molar-refractivity contribution is 6.88. The van der Waals surface area contributed by atoms with Gasteiger partial charge in [-0.25, -0.2) is 0 Å². The van der Waals surface area contributed by atoms with E-state index in [0.717, 1.165) is 12.8 Å². The molecule has 0 atom stereocenters. The lowest BCUT2D eigenvalue weighted by molar-refractivity contribution is 1.00.